The third kappa shape index (κ3) is 2.56. The van der Waals surface area contributed by atoms with Gasteiger partial charge in [-0.05, 0) is 31.6 Å². The number of hydrogen-bond acceptors (Lipinski definition) is 4. The van der Waals surface area contributed by atoms with Crippen molar-refractivity contribution in [3.8, 4) is 0 Å². The van der Waals surface area contributed by atoms with Gasteiger partial charge in [0.25, 0.3) is 0 Å². The van der Waals surface area contributed by atoms with Crippen LogP contribution in [0.1, 0.15) is 48.9 Å². The number of aromatic amines is 1. The molecule has 1 amide bonds. The SMILES string of the molecule is COC1CC(c2nc3ncc(F)c(C4CCN(C=O)CC4)c3[nH]2)C1. The molecule has 2 aromatic rings. The zero-order chi connectivity index (χ0) is 16.7. The van der Waals surface area contributed by atoms with Crippen LogP contribution >= 0.6 is 0 Å². The predicted octanol–water partition coefficient (Wildman–Crippen LogP) is 2.33. The smallest absolute Gasteiger partial charge is 0.209 e. The summed E-state index contributed by atoms with van der Waals surface area (Å²) in [6.45, 7) is 1.33. The Kier molecular flexibility index (Phi) is 3.96. The van der Waals surface area contributed by atoms with E-state index < -0.39 is 0 Å². The number of carbonyl (C=O) groups excluding carboxylic acids is 1. The second-order valence-electron chi connectivity index (χ2n) is 6.78. The van der Waals surface area contributed by atoms with Crippen LogP contribution in [0, 0.1) is 5.82 Å². The number of hydrogen-bond donors (Lipinski definition) is 1. The molecule has 1 saturated heterocycles. The van der Waals surface area contributed by atoms with Gasteiger partial charge < -0.3 is 14.6 Å². The minimum absolute atomic E-state index is 0.0908. The lowest BCUT2D eigenvalue weighted by Crippen LogP contribution is -2.32. The van der Waals surface area contributed by atoms with Crippen LogP contribution in [0.3, 0.4) is 0 Å². The van der Waals surface area contributed by atoms with Crippen LogP contribution in [-0.2, 0) is 9.53 Å². The summed E-state index contributed by atoms with van der Waals surface area (Å²) in [6.07, 6.45) is 5.83. The average molecular weight is 332 g/mol. The Morgan fingerprint density at radius 2 is 2.08 bits per heavy atom. The quantitative estimate of drug-likeness (QED) is 0.872. The summed E-state index contributed by atoms with van der Waals surface area (Å²) >= 11 is 0. The fraction of sp³-hybridized carbons (Fsp3) is 0.588. The number of ether oxygens (including phenoxy) is 1. The van der Waals surface area contributed by atoms with E-state index in [9.17, 15) is 9.18 Å². The molecule has 2 fully saturated rings. The summed E-state index contributed by atoms with van der Waals surface area (Å²) in [5, 5.41) is 0. The van der Waals surface area contributed by atoms with Gasteiger partial charge in [-0.15, -0.1) is 0 Å². The van der Waals surface area contributed by atoms with Gasteiger partial charge in [0.05, 0.1) is 17.8 Å². The van der Waals surface area contributed by atoms with E-state index in [1.165, 1.54) is 6.20 Å². The standard InChI is InChI=1S/C17H21FN4O2/c1-24-12-6-11(7-12)16-20-15-14(13(18)8-19-17(15)21-16)10-2-4-22(9-23)5-3-10/h8-12H,2-7H2,1H3,(H,19,20,21). The average Bonchev–Trinajstić information content (AvgIpc) is 2.97. The third-order valence-corrected chi connectivity index (χ3v) is 5.43. The molecule has 2 aliphatic rings. The minimum Gasteiger partial charge on any atom is -0.381 e. The number of likely N-dealkylation sites (tertiary alicyclic amines) is 1. The van der Waals surface area contributed by atoms with Crippen LogP contribution in [0.4, 0.5) is 4.39 Å². The van der Waals surface area contributed by atoms with Crippen molar-refractivity contribution in [2.75, 3.05) is 20.2 Å². The summed E-state index contributed by atoms with van der Waals surface area (Å²) in [7, 11) is 1.72. The third-order valence-electron chi connectivity index (χ3n) is 5.43. The molecule has 4 rings (SSSR count). The Bertz CT molecular complexity index is 748. The number of aromatic nitrogens is 3. The molecule has 0 atom stereocenters. The molecule has 128 valence electrons. The fourth-order valence-corrected chi connectivity index (χ4v) is 3.84. The number of amides is 1. The minimum atomic E-state index is -0.286. The summed E-state index contributed by atoms with van der Waals surface area (Å²) < 4.78 is 19.8. The molecular weight excluding hydrogens is 311 g/mol. The fourth-order valence-electron chi connectivity index (χ4n) is 3.84. The van der Waals surface area contributed by atoms with Gasteiger partial charge in [0, 0.05) is 31.7 Å². The van der Waals surface area contributed by atoms with Gasteiger partial charge in [0.15, 0.2) is 5.65 Å². The first-order valence-corrected chi connectivity index (χ1v) is 8.45. The van der Waals surface area contributed by atoms with Gasteiger partial charge in [-0.25, -0.2) is 14.4 Å². The number of methoxy groups -OCH3 is 1. The molecule has 1 saturated carbocycles. The summed E-state index contributed by atoms with van der Waals surface area (Å²) in [6, 6.07) is 0. The van der Waals surface area contributed by atoms with Crippen molar-refractivity contribution >= 4 is 17.6 Å². The van der Waals surface area contributed by atoms with Crippen molar-refractivity contribution in [1.29, 1.82) is 0 Å². The van der Waals surface area contributed by atoms with Crippen molar-refractivity contribution in [2.24, 2.45) is 0 Å². The van der Waals surface area contributed by atoms with Crippen LogP contribution in [0.2, 0.25) is 0 Å². The summed E-state index contributed by atoms with van der Waals surface area (Å²) in [5.74, 6) is 1.01. The highest BCUT2D eigenvalue weighted by molar-refractivity contribution is 5.76. The Morgan fingerprint density at radius 1 is 1.33 bits per heavy atom. The van der Waals surface area contributed by atoms with Crippen LogP contribution in [-0.4, -0.2) is 52.6 Å². The first kappa shape index (κ1) is 15.5. The van der Waals surface area contributed by atoms with Crippen molar-refractivity contribution in [3.05, 3.63) is 23.4 Å². The van der Waals surface area contributed by atoms with Crippen LogP contribution < -0.4 is 0 Å². The van der Waals surface area contributed by atoms with Crippen LogP contribution in [0.15, 0.2) is 6.20 Å². The largest absolute Gasteiger partial charge is 0.381 e. The predicted molar refractivity (Wildman–Crippen MR) is 86.2 cm³/mol. The maximum Gasteiger partial charge on any atom is 0.209 e. The molecule has 1 N–H and O–H groups in total. The highest BCUT2D eigenvalue weighted by Gasteiger charge is 2.33. The molecule has 7 heteroatoms. The Labute approximate surface area is 139 Å². The lowest BCUT2D eigenvalue weighted by atomic mass is 9.82. The van der Waals surface area contributed by atoms with Gasteiger partial charge in [-0.1, -0.05) is 0 Å². The van der Waals surface area contributed by atoms with Gasteiger partial charge in [-0.2, -0.15) is 0 Å². The number of piperidine rings is 1. The van der Waals surface area contributed by atoms with Gasteiger partial charge in [0.2, 0.25) is 6.41 Å². The molecule has 6 nitrogen and oxygen atoms in total. The number of halogens is 1. The van der Waals surface area contributed by atoms with Crippen molar-refractivity contribution < 1.29 is 13.9 Å². The molecule has 1 aliphatic carbocycles. The normalized spacial score (nSPS) is 25.0. The number of carbonyl (C=O) groups is 1. The van der Waals surface area contributed by atoms with Gasteiger partial charge in [-0.3, -0.25) is 4.79 Å². The Balaban J connectivity index is 1.64. The zero-order valence-electron chi connectivity index (χ0n) is 13.7. The summed E-state index contributed by atoms with van der Waals surface area (Å²) in [5.41, 5.74) is 1.97. The van der Waals surface area contributed by atoms with Crippen LogP contribution in [0.5, 0.6) is 0 Å². The van der Waals surface area contributed by atoms with E-state index in [4.69, 9.17) is 4.74 Å². The van der Waals surface area contributed by atoms with E-state index in [1.54, 1.807) is 12.0 Å². The second-order valence-corrected chi connectivity index (χ2v) is 6.78. The van der Waals surface area contributed by atoms with Crippen molar-refractivity contribution in [2.45, 2.75) is 43.6 Å². The number of fused-ring (bicyclic) bond motifs is 1. The zero-order valence-corrected chi connectivity index (χ0v) is 13.7. The Morgan fingerprint density at radius 3 is 2.75 bits per heavy atom. The number of nitrogens with one attached hydrogen (secondary N) is 1. The maximum atomic E-state index is 14.5. The molecule has 0 unspecified atom stereocenters. The lowest BCUT2D eigenvalue weighted by molar-refractivity contribution is -0.119. The molecular formula is C17H21FN4O2. The molecule has 3 heterocycles. The van der Waals surface area contributed by atoms with E-state index in [2.05, 4.69) is 15.0 Å². The molecule has 24 heavy (non-hydrogen) atoms. The second kappa shape index (κ2) is 6.12. The molecule has 0 radical (unpaired) electrons. The molecule has 0 spiro atoms. The molecule has 0 aromatic carbocycles. The molecule has 0 bridgehead atoms. The van der Waals surface area contributed by atoms with Gasteiger partial charge in [0.1, 0.15) is 11.6 Å². The molecule has 2 aromatic heterocycles. The number of imidazole rings is 1. The van der Waals surface area contributed by atoms with Crippen molar-refractivity contribution in [3.63, 3.8) is 0 Å². The van der Waals surface area contributed by atoms with E-state index in [0.29, 0.717) is 36.3 Å². The van der Waals surface area contributed by atoms with Crippen molar-refractivity contribution in [1.82, 2.24) is 19.9 Å². The lowest BCUT2D eigenvalue weighted by Gasteiger charge is -2.32. The highest BCUT2D eigenvalue weighted by Crippen LogP contribution is 2.39. The van der Waals surface area contributed by atoms with E-state index in [-0.39, 0.29) is 11.7 Å². The van der Waals surface area contributed by atoms with Crippen LogP contribution in [0.25, 0.3) is 11.2 Å². The van der Waals surface area contributed by atoms with E-state index >= 15 is 0 Å². The number of nitrogens with zero attached hydrogens (tertiary/aromatic N) is 3. The van der Waals surface area contributed by atoms with E-state index in [0.717, 1.165) is 43.4 Å². The topological polar surface area (TPSA) is 71.1 Å². The number of H-pyrrole nitrogens is 1. The van der Waals surface area contributed by atoms with Gasteiger partial charge >= 0.3 is 0 Å². The summed E-state index contributed by atoms with van der Waals surface area (Å²) in [4.78, 5) is 24.7. The first-order valence-electron chi connectivity index (χ1n) is 8.45. The molecule has 1 aliphatic heterocycles. The van der Waals surface area contributed by atoms with E-state index in [1.807, 2.05) is 0 Å². The number of pyridine rings is 1. The monoisotopic (exact) mass is 332 g/mol. The number of rotatable bonds is 4. The first-order chi connectivity index (χ1) is 11.7. The maximum absolute atomic E-state index is 14.5. The Hall–Kier alpha value is -2.02. The highest BCUT2D eigenvalue weighted by atomic mass is 19.1.